The van der Waals surface area contributed by atoms with Crippen LogP contribution in [0.5, 0.6) is 0 Å². The van der Waals surface area contributed by atoms with Gasteiger partial charge in [0.25, 0.3) is 0 Å². The van der Waals surface area contributed by atoms with E-state index in [1.807, 2.05) is 0 Å². The number of nitrogens with one attached hydrogen (secondary N) is 1. The van der Waals surface area contributed by atoms with Crippen molar-refractivity contribution in [1.82, 2.24) is 5.32 Å². The number of rotatable bonds is 8. The fourth-order valence-corrected chi connectivity index (χ4v) is 2.98. The molecule has 0 rings (SSSR count). The second-order valence-electron chi connectivity index (χ2n) is 2.78. The lowest BCUT2D eigenvalue weighted by molar-refractivity contribution is -0.135. The molecule has 6 nitrogen and oxygen atoms in total. The number of carboxylic acids is 1. The van der Waals surface area contributed by atoms with Crippen molar-refractivity contribution in [1.29, 1.82) is 0 Å². The standard InChI is InChI=1S/C8H16NO5PS/c1-3-13-15(12,14-4-2)6-7(16)9-5-8(10)11/h3-6H2,1-2H3,(H,9,16)(H,10,11). The number of carbonyl (C=O) groups is 1. The summed E-state index contributed by atoms with van der Waals surface area (Å²) in [5, 5.41) is 10.9. The Labute approximate surface area is 99.8 Å². The molecule has 0 aliphatic carbocycles. The summed E-state index contributed by atoms with van der Waals surface area (Å²) in [6, 6.07) is 0. The predicted molar refractivity (Wildman–Crippen MR) is 64.0 cm³/mol. The molecule has 0 aliphatic heterocycles. The molecule has 0 saturated carbocycles. The van der Waals surface area contributed by atoms with E-state index in [1.165, 1.54) is 0 Å². The van der Waals surface area contributed by atoms with Gasteiger partial charge in [0, 0.05) is 0 Å². The Morgan fingerprint density at radius 2 is 1.88 bits per heavy atom. The van der Waals surface area contributed by atoms with E-state index in [9.17, 15) is 9.36 Å². The van der Waals surface area contributed by atoms with Crippen molar-refractivity contribution in [2.24, 2.45) is 0 Å². The summed E-state index contributed by atoms with van der Waals surface area (Å²) in [4.78, 5) is 10.4. The fraction of sp³-hybridized carbons (Fsp3) is 0.750. The first-order chi connectivity index (χ1) is 7.43. The van der Waals surface area contributed by atoms with Gasteiger partial charge in [-0.05, 0) is 13.8 Å². The van der Waals surface area contributed by atoms with Crippen molar-refractivity contribution in [3.8, 4) is 0 Å². The third-order valence-corrected chi connectivity index (χ3v) is 3.93. The predicted octanol–water partition coefficient (Wildman–Crippen LogP) is 1.25. The molecule has 0 saturated heterocycles. The van der Waals surface area contributed by atoms with Gasteiger partial charge in [-0.25, -0.2) is 0 Å². The third kappa shape index (κ3) is 6.90. The van der Waals surface area contributed by atoms with Crippen LogP contribution in [0.2, 0.25) is 0 Å². The Morgan fingerprint density at radius 1 is 1.38 bits per heavy atom. The van der Waals surface area contributed by atoms with Crippen LogP contribution in [-0.2, 0) is 18.4 Å². The molecule has 0 aromatic carbocycles. The van der Waals surface area contributed by atoms with Gasteiger partial charge in [-0.1, -0.05) is 12.2 Å². The number of aliphatic carboxylic acids is 1. The lowest BCUT2D eigenvalue weighted by atomic mass is 10.6. The highest BCUT2D eigenvalue weighted by Crippen LogP contribution is 2.47. The molecular weight excluding hydrogens is 253 g/mol. The SMILES string of the molecule is CCOP(=O)(CC(=S)NCC(=O)O)OCC. The van der Waals surface area contributed by atoms with Crippen LogP contribution >= 0.6 is 19.8 Å². The molecule has 8 heteroatoms. The zero-order valence-corrected chi connectivity index (χ0v) is 11.0. The van der Waals surface area contributed by atoms with Crippen LogP contribution in [0.1, 0.15) is 13.8 Å². The lowest BCUT2D eigenvalue weighted by Gasteiger charge is -2.17. The van der Waals surface area contributed by atoms with Crippen LogP contribution in [0.4, 0.5) is 0 Å². The average Bonchev–Trinajstić information content (AvgIpc) is 2.15. The van der Waals surface area contributed by atoms with Crippen molar-refractivity contribution < 1.29 is 23.5 Å². The van der Waals surface area contributed by atoms with Crippen LogP contribution in [0.3, 0.4) is 0 Å². The van der Waals surface area contributed by atoms with Gasteiger partial charge in [-0.2, -0.15) is 0 Å². The molecule has 0 bridgehead atoms. The van der Waals surface area contributed by atoms with Gasteiger partial charge in [-0.15, -0.1) is 0 Å². The van der Waals surface area contributed by atoms with E-state index in [1.54, 1.807) is 13.8 Å². The first-order valence-corrected chi connectivity index (χ1v) is 6.93. The monoisotopic (exact) mass is 269 g/mol. The molecule has 0 aliphatic rings. The maximum atomic E-state index is 11.9. The fourth-order valence-electron chi connectivity index (χ4n) is 0.928. The number of carboxylic acid groups (broad SMARTS) is 1. The molecule has 0 atom stereocenters. The zero-order valence-electron chi connectivity index (χ0n) is 9.26. The minimum absolute atomic E-state index is 0.0999. The average molecular weight is 269 g/mol. The summed E-state index contributed by atoms with van der Waals surface area (Å²) >= 11 is 4.84. The molecule has 0 amide bonds. The molecule has 0 aromatic heterocycles. The summed E-state index contributed by atoms with van der Waals surface area (Å²) < 4.78 is 22.0. The van der Waals surface area contributed by atoms with E-state index < -0.39 is 13.6 Å². The molecule has 0 radical (unpaired) electrons. The highest BCUT2D eigenvalue weighted by molar-refractivity contribution is 7.81. The van der Waals surface area contributed by atoms with Gasteiger partial charge in [0.15, 0.2) is 0 Å². The first-order valence-electron chi connectivity index (χ1n) is 4.80. The maximum Gasteiger partial charge on any atom is 0.337 e. The van der Waals surface area contributed by atoms with E-state index >= 15 is 0 Å². The van der Waals surface area contributed by atoms with Crippen LogP contribution in [0.25, 0.3) is 0 Å². The van der Waals surface area contributed by atoms with E-state index in [0.29, 0.717) is 0 Å². The number of hydrogen-bond acceptors (Lipinski definition) is 5. The quantitative estimate of drug-likeness (QED) is 0.506. The van der Waals surface area contributed by atoms with Gasteiger partial charge in [0.05, 0.1) is 18.2 Å². The number of thiocarbonyl (C=S) groups is 1. The molecular formula is C8H16NO5PS. The Morgan fingerprint density at radius 3 is 2.25 bits per heavy atom. The van der Waals surface area contributed by atoms with E-state index in [-0.39, 0.29) is 30.9 Å². The van der Waals surface area contributed by atoms with E-state index in [4.69, 9.17) is 26.4 Å². The van der Waals surface area contributed by atoms with Crippen LogP contribution < -0.4 is 5.32 Å². The summed E-state index contributed by atoms with van der Waals surface area (Å²) in [5.41, 5.74) is 0. The van der Waals surface area contributed by atoms with Crippen LogP contribution in [-0.4, -0.2) is 42.0 Å². The Bertz CT molecular complexity index is 286. The maximum absolute atomic E-state index is 11.9. The van der Waals surface area contributed by atoms with Gasteiger partial charge in [0.2, 0.25) is 0 Å². The van der Waals surface area contributed by atoms with Gasteiger partial charge >= 0.3 is 13.6 Å². The van der Waals surface area contributed by atoms with Crippen molar-refractivity contribution in [2.45, 2.75) is 13.8 Å². The summed E-state index contributed by atoms with van der Waals surface area (Å²) in [7, 11) is -3.23. The Kier molecular flexibility index (Phi) is 7.49. The molecule has 94 valence electrons. The second kappa shape index (κ2) is 7.73. The van der Waals surface area contributed by atoms with Gasteiger partial charge in [-0.3, -0.25) is 9.36 Å². The molecule has 0 fully saturated rings. The van der Waals surface area contributed by atoms with Crippen molar-refractivity contribution in [2.75, 3.05) is 25.9 Å². The molecule has 0 heterocycles. The normalized spacial score (nSPS) is 11.1. The highest BCUT2D eigenvalue weighted by atomic mass is 32.1. The highest BCUT2D eigenvalue weighted by Gasteiger charge is 2.25. The molecule has 16 heavy (non-hydrogen) atoms. The van der Waals surface area contributed by atoms with Gasteiger partial charge in [0.1, 0.15) is 12.7 Å². The molecule has 0 unspecified atom stereocenters. The minimum atomic E-state index is -3.23. The second-order valence-corrected chi connectivity index (χ2v) is 5.32. The molecule has 2 N–H and O–H groups in total. The summed E-state index contributed by atoms with van der Waals surface area (Å²) in [6.45, 7) is 3.58. The first kappa shape index (κ1) is 15.5. The van der Waals surface area contributed by atoms with Crippen LogP contribution in [0.15, 0.2) is 0 Å². The van der Waals surface area contributed by atoms with Crippen LogP contribution in [0, 0.1) is 0 Å². The van der Waals surface area contributed by atoms with Gasteiger partial charge < -0.3 is 19.5 Å². The minimum Gasteiger partial charge on any atom is -0.480 e. The smallest absolute Gasteiger partial charge is 0.337 e. The molecule has 0 spiro atoms. The zero-order chi connectivity index (χ0) is 12.6. The lowest BCUT2D eigenvalue weighted by Crippen LogP contribution is -2.30. The van der Waals surface area contributed by atoms with E-state index in [2.05, 4.69) is 5.32 Å². The topological polar surface area (TPSA) is 84.9 Å². The third-order valence-electron chi connectivity index (χ3n) is 1.43. The summed E-state index contributed by atoms with van der Waals surface area (Å²) in [5.74, 6) is -1.04. The molecule has 0 aromatic rings. The van der Waals surface area contributed by atoms with E-state index in [0.717, 1.165) is 0 Å². The van der Waals surface area contributed by atoms with Crippen molar-refractivity contribution in [3.05, 3.63) is 0 Å². The summed E-state index contributed by atoms with van der Waals surface area (Å²) in [6.07, 6.45) is -0.0999. The largest absolute Gasteiger partial charge is 0.480 e. The Balaban J connectivity index is 4.23. The van der Waals surface area contributed by atoms with Crippen molar-refractivity contribution in [3.63, 3.8) is 0 Å². The van der Waals surface area contributed by atoms with Crippen molar-refractivity contribution >= 4 is 30.8 Å². The Hall–Kier alpha value is -0.490. The number of hydrogen-bond donors (Lipinski definition) is 2.